The molecule has 3 aromatic rings. The normalized spacial score (nSPS) is 15.2. The molecule has 1 unspecified atom stereocenters. The average Bonchev–Trinajstić information content (AvgIpc) is 3.03. The van der Waals surface area contributed by atoms with Crippen molar-refractivity contribution >= 4 is 28.8 Å². The zero-order valence-corrected chi connectivity index (χ0v) is 16.3. The maximum Gasteiger partial charge on any atom is 0.277 e. The highest BCUT2D eigenvalue weighted by atomic mass is 16.2. The van der Waals surface area contributed by atoms with Crippen molar-refractivity contribution in [3.05, 3.63) is 72.2 Å². The molecule has 28 heavy (non-hydrogen) atoms. The lowest BCUT2D eigenvalue weighted by molar-refractivity contribution is 0.0976. The summed E-state index contributed by atoms with van der Waals surface area (Å²) in [4.78, 5) is 25.5. The van der Waals surface area contributed by atoms with E-state index in [1.54, 1.807) is 6.07 Å². The van der Waals surface area contributed by atoms with Gasteiger partial charge >= 0.3 is 0 Å². The van der Waals surface area contributed by atoms with E-state index >= 15 is 0 Å². The lowest BCUT2D eigenvalue weighted by Gasteiger charge is -2.22. The van der Waals surface area contributed by atoms with Gasteiger partial charge in [0.15, 0.2) is 0 Å². The molecule has 0 aliphatic carbocycles. The number of anilines is 4. The van der Waals surface area contributed by atoms with Gasteiger partial charge in [-0.2, -0.15) is 0 Å². The van der Waals surface area contributed by atoms with Gasteiger partial charge in [0, 0.05) is 43.3 Å². The lowest BCUT2D eigenvalue weighted by Crippen LogP contribution is -2.36. The van der Waals surface area contributed by atoms with Crippen LogP contribution in [0, 0.1) is 0 Å². The fraction of sp³-hybridized carbons (Fsp3) is 0.227. The number of fused-ring (bicyclic) bond motifs is 1. The summed E-state index contributed by atoms with van der Waals surface area (Å²) in [5.41, 5.74) is 4.56. The molecule has 0 bridgehead atoms. The van der Waals surface area contributed by atoms with E-state index in [2.05, 4.69) is 28.3 Å². The van der Waals surface area contributed by atoms with Gasteiger partial charge in [-0.25, -0.2) is 9.97 Å². The van der Waals surface area contributed by atoms with Gasteiger partial charge in [0.1, 0.15) is 17.8 Å². The first-order chi connectivity index (χ1) is 13.5. The van der Waals surface area contributed by atoms with E-state index in [1.807, 2.05) is 66.4 Å². The van der Waals surface area contributed by atoms with Gasteiger partial charge < -0.3 is 15.1 Å². The largest absolute Gasteiger partial charge is 0.378 e. The number of hydrogen-bond acceptors (Lipinski definition) is 5. The summed E-state index contributed by atoms with van der Waals surface area (Å²) in [6.07, 6.45) is 2.28. The molecule has 6 nitrogen and oxygen atoms in total. The second kappa shape index (κ2) is 7.31. The molecule has 0 radical (unpaired) electrons. The molecule has 0 spiro atoms. The van der Waals surface area contributed by atoms with E-state index in [0.717, 1.165) is 23.5 Å². The smallest absolute Gasteiger partial charge is 0.277 e. The van der Waals surface area contributed by atoms with Crippen molar-refractivity contribution in [3.63, 3.8) is 0 Å². The minimum Gasteiger partial charge on any atom is -0.378 e. The van der Waals surface area contributed by atoms with Crippen LogP contribution in [0.25, 0.3) is 0 Å². The molecule has 1 atom stereocenters. The van der Waals surface area contributed by atoms with E-state index in [0.29, 0.717) is 11.5 Å². The number of benzene rings is 2. The van der Waals surface area contributed by atoms with Gasteiger partial charge in [-0.05, 0) is 49.2 Å². The van der Waals surface area contributed by atoms with Crippen molar-refractivity contribution in [1.29, 1.82) is 0 Å². The van der Waals surface area contributed by atoms with Gasteiger partial charge in [0.2, 0.25) is 0 Å². The fourth-order valence-corrected chi connectivity index (χ4v) is 3.53. The Bertz CT molecular complexity index is 1000. The van der Waals surface area contributed by atoms with Gasteiger partial charge in [-0.3, -0.25) is 4.79 Å². The van der Waals surface area contributed by atoms with Gasteiger partial charge in [-0.1, -0.05) is 18.2 Å². The van der Waals surface area contributed by atoms with Crippen molar-refractivity contribution in [1.82, 2.24) is 9.97 Å². The summed E-state index contributed by atoms with van der Waals surface area (Å²) < 4.78 is 0. The first-order valence-corrected chi connectivity index (χ1v) is 9.31. The zero-order chi connectivity index (χ0) is 19.7. The van der Waals surface area contributed by atoms with E-state index in [-0.39, 0.29) is 11.9 Å². The Balaban J connectivity index is 1.56. The fourth-order valence-electron chi connectivity index (χ4n) is 3.53. The Hall–Kier alpha value is -3.41. The van der Waals surface area contributed by atoms with Crippen LogP contribution in [0.1, 0.15) is 23.0 Å². The molecule has 2 aromatic carbocycles. The molecule has 4 rings (SSSR count). The van der Waals surface area contributed by atoms with Crippen LogP contribution in [0.15, 0.2) is 60.9 Å². The quantitative estimate of drug-likeness (QED) is 0.752. The predicted molar refractivity (Wildman–Crippen MR) is 113 cm³/mol. The number of amides is 1. The molecule has 1 amide bonds. The van der Waals surface area contributed by atoms with Crippen LogP contribution < -0.4 is 15.1 Å². The molecule has 1 aliphatic heterocycles. The third-order valence-corrected chi connectivity index (χ3v) is 4.97. The SMILES string of the molecule is CC1Cc2ccccc2N1C(=O)c1cc(Nc2ccc(N(C)C)cc2)ncn1. The molecule has 6 heteroatoms. The van der Waals surface area contributed by atoms with E-state index in [4.69, 9.17) is 0 Å². The highest BCUT2D eigenvalue weighted by molar-refractivity contribution is 6.06. The maximum absolute atomic E-state index is 13.1. The Morgan fingerprint density at radius 1 is 1.11 bits per heavy atom. The van der Waals surface area contributed by atoms with Crippen LogP contribution in [0.4, 0.5) is 22.9 Å². The molecule has 1 N–H and O–H groups in total. The molecular formula is C22H23N5O. The molecule has 0 fully saturated rings. The van der Waals surface area contributed by atoms with Crippen LogP contribution in [0.2, 0.25) is 0 Å². The van der Waals surface area contributed by atoms with Crippen LogP contribution in [-0.2, 0) is 6.42 Å². The van der Waals surface area contributed by atoms with Crippen LogP contribution in [0.5, 0.6) is 0 Å². The minimum atomic E-state index is -0.106. The van der Waals surface area contributed by atoms with Crippen LogP contribution >= 0.6 is 0 Å². The zero-order valence-electron chi connectivity index (χ0n) is 16.3. The second-order valence-electron chi connectivity index (χ2n) is 7.21. The third kappa shape index (κ3) is 3.41. The molecule has 1 aromatic heterocycles. The number of nitrogens with one attached hydrogen (secondary N) is 1. The van der Waals surface area contributed by atoms with Gasteiger partial charge in [0.25, 0.3) is 5.91 Å². The number of carbonyl (C=O) groups is 1. The van der Waals surface area contributed by atoms with Crippen molar-refractivity contribution in [3.8, 4) is 0 Å². The minimum absolute atomic E-state index is 0.106. The lowest BCUT2D eigenvalue weighted by atomic mass is 10.1. The summed E-state index contributed by atoms with van der Waals surface area (Å²) in [5.74, 6) is 0.488. The molecular weight excluding hydrogens is 350 g/mol. The molecule has 2 heterocycles. The second-order valence-corrected chi connectivity index (χ2v) is 7.21. The Morgan fingerprint density at radius 2 is 1.86 bits per heavy atom. The summed E-state index contributed by atoms with van der Waals surface area (Å²) in [5, 5.41) is 3.25. The standard InChI is InChI=1S/C22H23N5O/c1-15-12-16-6-4-5-7-20(16)27(15)22(28)19-13-21(24-14-23-19)25-17-8-10-18(11-9-17)26(2)3/h4-11,13-15H,12H2,1-3H3,(H,23,24,25). The van der Waals surface area contributed by atoms with Crippen molar-refractivity contribution < 1.29 is 4.79 Å². The maximum atomic E-state index is 13.1. The average molecular weight is 373 g/mol. The molecule has 1 aliphatic rings. The number of rotatable bonds is 4. The number of hydrogen-bond donors (Lipinski definition) is 1. The van der Waals surface area contributed by atoms with Crippen molar-refractivity contribution in [2.75, 3.05) is 29.2 Å². The summed E-state index contributed by atoms with van der Waals surface area (Å²) in [6, 6.07) is 17.9. The summed E-state index contributed by atoms with van der Waals surface area (Å²) in [7, 11) is 4.00. The molecule has 142 valence electrons. The number of carbonyl (C=O) groups excluding carboxylic acids is 1. The van der Waals surface area contributed by atoms with Gasteiger partial charge in [-0.15, -0.1) is 0 Å². The third-order valence-electron chi connectivity index (χ3n) is 4.97. The molecule has 0 saturated carbocycles. The van der Waals surface area contributed by atoms with E-state index in [9.17, 15) is 4.79 Å². The highest BCUT2D eigenvalue weighted by Crippen LogP contribution is 2.33. The van der Waals surface area contributed by atoms with Crippen molar-refractivity contribution in [2.24, 2.45) is 0 Å². The Kier molecular flexibility index (Phi) is 4.69. The van der Waals surface area contributed by atoms with Crippen LogP contribution in [-0.4, -0.2) is 36.0 Å². The topological polar surface area (TPSA) is 61.4 Å². The number of aromatic nitrogens is 2. The van der Waals surface area contributed by atoms with E-state index in [1.165, 1.54) is 11.9 Å². The number of para-hydroxylation sites is 1. The molecule has 0 saturated heterocycles. The summed E-state index contributed by atoms with van der Waals surface area (Å²) >= 11 is 0. The Labute approximate surface area is 164 Å². The van der Waals surface area contributed by atoms with Crippen LogP contribution in [0.3, 0.4) is 0 Å². The first-order valence-electron chi connectivity index (χ1n) is 9.31. The van der Waals surface area contributed by atoms with Crippen molar-refractivity contribution in [2.45, 2.75) is 19.4 Å². The van der Waals surface area contributed by atoms with E-state index < -0.39 is 0 Å². The van der Waals surface area contributed by atoms with Gasteiger partial charge in [0.05, 0.1) is 0 Å². The Morgan fingerprint density at radius 3 is 2.61 bits per heavy atom. The first kappa shape index (κ1) is 18.0. The predicted octanol–water partition coefficient (Wildman–Crippen LogP) is 3.88. The summed E-state index contributed by atoms with van der Waals surface area (Å²) in [6.45, 7) is 2.06. The monoisotopic (exact) mass is 373 g/mol. The highest BCUT2D eigenvalue weighted by Gasteiger charge is 2.31. The number of nitrogens with zero attached hydrogens (tertiary/aromatic N) is 4.